The number of nitrogens with zero attached hydrogens (tertiary/aromatic N) is 4. The first-order chi connectivity index (χ1) is 9.63. The summed E-state index contributed by atoms with van der Waals surface area (Å²) in [5.41, 5.74) is 6.93. The van der Waals surface area contributed by atoms with Gasteiger partial charge < -0.3 is 15.7 Å². The van der Waals surface area contributed by atoms with Crippen molar-refractivity contribution >= 4 is 5.84 Å². The first kappa shape index (κ1) is 14.6. The first-order valence-corrected chi connectivity index (χ1v) is 7.00. The molecule has 0 atom stereocenters. The third-order valence-electron chi connectivity index (χ3n) is 3.63. The summed E-state index contributed by atoms with van der Waals surface area (Å²) >= 11 is 0. The number of aryl methyl sites for hydroxylation is 2. The van der Waals surface area contributed by atoms with Gasteiger partial charge in [0.05, 0.1) is 5.69 Å². The van der Waals surface area contributed by atoms with Crippen molar-refractivity contribution in [3.05, 3.63) is 11.3 Å². The van der Waals surface area contributed by atoms with Gasteiger partial charge in [-0.15, -0.1) is 0 Å². The Morgan fingerprint density at radius 3 is 2.75 bits per heavy atom. The van der Waals surface area contributed by atoms with E-state index in [-0.39, 0.29) is 5.84 Å². The molecule has 7 nitrogen and oxygen atoms in total. The molecule has 2 heterocycles. The fourth-order valence-corrected chi connectivity index (χ4v) is 2.60. The number of nitrogens with two attached hydrogens (primary N) is 1. The minimum absolute atomic E-state index is 0.0311. The number of aromatic nitrogens is 2. The van der Waals surface area contributed by atoms with Gasteiger partial charge >= 0.3 is 0 Å². The summed E-state index contributed by atoms with van der Waals surface area (Å²) < 4.78 is 7.43. The van der Waals surface area contributed by atoms with E-state index in [0.717, 1.165) is 19.6 Å². The van der Waals surface area contributed by atoms with Crippen LogP contribution in [0.25, 0.3) is 0 Å². The molecule has 1 saturated heterocycles. The van der Waals surface area contributed by atoms with Crippen LogP contribution in [0.2, 0.25) is 0 Å². The number of hydrogen-bond acceptors (Lipinski definition) is 5. The minimum atomic E-state index is 0.0311. The molecule has 0 aromatic carbocycles. The third kappa shape index (κ3) is 3.22. The number of amidine groups is 1. The van der Waals surface area contributed by atoms with Crippen LogP contribution in [0.3, 0.4) is 0 Å². The summed E-state index contributed by atoms with van der Waals surface area (Å²) in [5.74, 6) is 0.582. The van der Waals surface area contributed by atoms with Crippen LogP contribution in [0.15, 0.2) is 5.16 Å². The Hall–Kier alpha value is -1.76. The maximum Gasteiger partial charge on any atom is 0.223 e. The summed E-state index contributed by atoms with van der Waals surface area (Å²) in [6.45, 7) is 5.55. The number of rotatable bonds is 5. The Kier molecular flexibility index (Phi) is 4.84. The second-order valence-electron chi connectivity index (χ2n) is 5.13. The Bertz CT molecular complexity index is 477. The number of oxime groups is 1. The molecule has 1 aromatic rings. The van der Waals surface area contributed by atoms with Crippen molar-refractivity contribution < 1.29 is 9.94 Å². The lowest BCUT2D eigenvalue weighted by Crippen LogP contribution is -2.33. The van der Waals surface area contributed by atoms with Crippen molar-refractivity contribution in [1.29, 1.82) is 0 Å². The highest BCUT2D eigenvalue weighted by atomic mass is 16.5. The van der Waals surface area contributed by atoms with Gasteiger partial charge in [-0.2, -0.15) is 5.10 Å². The lowest BCUT2D eigenvalue weighted by Gasteiger charge is -2.26. The smallest absolute Gasteiger partial charge is 0.223 e. The summed E-state index contributed by atoms with van der Waals surface area (Å²) in [6, 6.07) is 0. The molecule has 1 aromatic heterocycles. The largest absolute Gasteiger partial charge is 0.476 e. The lowest BCUT2D eigenvalue weighted by atomic mass is 10.1. The Morgan fingerprint density at radius 1 is 1.40 bits per heavy atom. The molecule has 1 aliphatic rings. The van der Waals surface area contributed by atoms with Gasteiger partial charge in [-0.05, 0) is 32.9 Å². The quantitative estimate of drug-likeness (QED) is 0.359. The molecule has 0 unspecified atom stereocenters. The van der Waals surface area contributed by atoms with E-state index in [0.29, 0.717) is 23.7 Å². The van der Waals surface area contributed by atoms with Gasteiger partial charge in [0.1, 0.15) is 12.2 Å². The zero-order chi connectivity index (χ0) is 14.5. The van der Waals surface area contributed by atoms with Crippen LogP contribution in [-0.4, -0.2) is 52.0 Å². The lowest BCUT2D eigenvalue weighted by molar-refractivity contribution is 0.177. The number of piperidine rings is 1. The standard InChI is InChI=1S/C13H23N5O2/c1-10-11(12(14)16-19)13(17(2)15-10)20-9-8-18-6-4-3-5-7-18/h19H,3-9H2,1-2H3,(H2,14,16). The van der Waals surface area contributed by atoms with Gasteiger partial charge in [-0.3, -0.25) is 4.90 Å². The highest BCUT2D eigenvalue weighted by molar-refractivity contribution is 6.00. The normalized spacial score (nSPS) is 17.4. The van der Waals surface area contributed by atoms with Crippen molar-refractivity contribution in [2.75, 3.05) is 26.2 Å². The molecule has 0 radical (unpaired) electrons. The van der Waals surface area contributed by atoms with Crippen molar-refractivity contribution in [3.63, 3.8) is 0 Å². The number of hydrogen-bond donors (Lipinski definition) is 2. The second kappa shape index (κ2) is 6.60. The summed E-state index contributed by atoms with van der Waals surface area (Å²) in [4.78, 5) is 2.40. The monoisotopic (exact) mass is 281 g/mol. The molecular formula is C13H23N5O2. The average Bonchev–Trinajstić information content (AvgIpc) is 2.74. The van der Waals surface area contributed by atoms with E-state index in [2.05, 4.69) is 15.2 Å². The van der Waals surface area contributed by atoms with E-state index in [9.17, 15) is 0 Å². The first-order valence-electron chi connectivity index (χ1n) is 7.00. The van der Waals surface area contributed by atoms with Crippen molar-refractivity contribution in [3.8, 4) is 5.88 Å². The predicted molar refractivity (Wildman–Crippen MR) is 76.2 cm³/mol. The Morgan fingerprint density at radius 2 is 2.10 bits per heavy atom. The fraction of sp³-hybridized carbons (Fsp3) is 0.692. The van der Waals surface area contributed by atoms with Gasteiger partial charge in [-0.1, -0.05) is 11.6 Å². The molecule has 0 saturated carbocycles. The average molecular weight is 281 g/mol. The minimum Gasteiger partial charge on any atom is -0.476 e. The summed E-state index contributed by atoms with van der Waals surface area (Å²) in [5, 5.41) is 16.1. The van der Waals surface area contributed by atoms with Gasteiger partial charge in [0, 0.05) is 13.6 Å². The molecule has 0 spiro atoms. The number of likely N-dealkylation sites (tertiary alicyclic amines) is 1. The highest BCUT2D eigenvalue weighted by Gasteiger charge is 2.19. The van der Waals surface area contributed by atoms with Gasteiger partial charge in [0.25, 0.3) is 0 Å². The van der Waals surface area contributed by atoms with Crippen LogP contribution in [0.5, 0.6) is 5.88 Å². The maximum atomic E-state index is 8.84. The van der Waals surface area contributed by atoms with Crippen molar-refractivity contribution in [2.24, 2.45) is 17.9 Å². The molecule has 2 rings (SSSR count). The van der Waals surface area contributed by atoms with Crippen LogP contribution in [0.1, 0.15) is 30.5 Å². The van der Waals surface area contributed by atoms with E-state index in [4.69, 9.17) is 15.7 Å². The van der Waals surface area contributed by atoms with E-state index in [1.54, 1.807) is 11.7 Å². The van der Waals surface area contributed by atoms with Crippen molar-refractivity contribution in [1.82, 2.24) is 14.7 Å². The molecule has 7 heteroatoms. The van der Waals surface area contributed by atoms with E-state index >= 15 is 0 Å². The van der Waals surface area contributed by atoms with Crippen LogP contribution < -0.4 is 10.5 Å². The molecule has 0 amide bonds. The van der Waals surface area contributed by atoms with E-state index in [1.807, 2.05) is 6.92 Å². The van der Waals surface area contributed by atoms with E-state index in [1.165, 1.54) is 19.3 Å². The maximum absolute atomic E-state index is 8.84. The third-order valence-corrected chi connectivity index (χ3v) is 3.63. The molecule has 112 valence electrons. The fourth-order valence-electron chi connectivity index (χ4n) is 2.60. The van der Waals surface area contributed by atoms with Gasteiger partial charge in [-0.25, -0.2) is 4.68 Å². The Balaban J connectivity index is 1.98. The van der Waals surface area contributed by atoms with Crippen LogP contribution in [0, 0.1) is 6.92 Å². The molecule has 0 bridgehead atoms. The molecule has 1 fully saturated rings. The van der Waals surface area contributed by atoms with Crippen LogP contribution in [0.4, 0.5) is 0 Å². The molecule has 0 aliphatic carbocycles. The van der Waals surface area contributed by atoms with Crippen LogP contribution in [-0.2, 0) is 7.05 Å². The second-order valence-corrected chi connectivity index (χ2v) is 5.13. The molecule has 20 heavy (non-hydrogen) atoms. The topological polar surface area (TPSA) is 88.9 Å². The predicted octanol–water partition coefficient (Wildman–Crippen LogP) is 0.688. The van der Waals surface area contributed by atoms with Gasteiger partial charge in [0.15, 0.2) is 5.84 Å². The Labute approximate surface area is 119 Å². The number of ether oxygens (including phenoxy) is 1. The van der Waals surface area contributed by atoms with Crippen LogP contribution >= 0.6 is 0 Å². The van der Waals surface area contributed by atoms with Crippen molar-refractivity contribution in [2.45, 2.75) is 26.2 Å². The molecule has 3 N–H and O–H groups in total. The van der Waals surface area contributed by atoms with Gasteiger partial charge in [0.2, 0.25) is 5.88 Å². The summed E-state index contributed by atoms with van der Waals surface area (Å²) in [6.07, 6.45) is 3.85. The summed E-state index contributed by atoms with van der Waals surface area (Å²) in [7, 11) is 1.79. The highest BCUT2D eigenvalue weighted by Crippen LogP contribution is 2.21. The van der Waals surface area contributed by atoms with E-state index < -0.39 is 0 Å². The molecule has 1 aliphatic heterocycles. The zero-order valence-electron chi connectivity index (χ0n) is 12.2. The molecular weight excluding hydrogens is 258 g/mol. The zero-order valence-corrected chi connectivity index (χ0v) is 12.2. The SMILES string of the molecule is Cc1nn(C)c(OCCN2CCCCC2)c1C(N)=NO.